The maximum absolute atomic E-state index is 12.5. The van der Waals surface area contributed by atoms with Crippen molar-refractivity contribution < 1.29 is 13.2 Å². The second kappa shape index (κ2) is 8.99. The number of carbonyl (C=O) groups is 1. The predicted molar refractivity (Wildman–Crippen MR) is 116 cm³/mol. The summed E-state index contributed by atoms with van der Waals surface area (Å²) in [6, 6.07) is 12.2. The van der Waals surface area contributed by atoms with Crippen LogP contribution in [0.5, 0.6) is 0 Å². The number of imidazole rings is 1. The van der Waals surface area contributed by atoms with Crippen LogP contribution in [0.1, 0.15) is 31.3 Å². The molecule has 158 valence electrons. The highest BCUT2D eigenvalue weighted by Gasteiger charge is 2.23. The van der Waals surface area contributed by atoms with Gasteiger partial charge in [0.2, 0.25) is 15.9 Å². The average Bonchev–Trinajstić information content (AvgIpc) is 3.14. The fourth-order valence-corrected chi connectivity index (χ4v) is 4.29. The lowest BCUT2D eigenvalue weighted by atomic mass is 10.1. The van der Waals surface area contributed by atoms with Gasteiger partial charge in [-0.15, -0.1) is 0 Å². The molecule has 0 radical (unpaired) electrons. The van der Waals surface area contributed by atoms with Crippen LogP contribution in [0.25, 0.3) is 5.69 Å². The minimum atomic E-state index is -3.83. The van der Waals surface area contributed by atoms with E-state index < -0.39 is 22.0 Å². The van der Waals surface area contributed by atoms with Crippen LogP contribution in [0.15, 0.2) is 65.8 Å². The van der Waals surface area contributed by atoms with Crippen molar-refractivity contribution in [1.82, 2.24) is 19.6 Å². The molecule has 30 heavy (non-hydrogen) atoms. The SMILES string of the molecule is Cc1nccn1-c1ccc([C@@H](C)NC(=O)[C@H](C)NS(=O)(=O)c2ccc(Cl)cc2)cc1. The first kappa shape index (κ1) is 22.0. The first-order valence-electron chi connectivity index (χ1n) is 9.36. The molecule has 1 aromatic heterocycles. The normalized spacial score (nSPS) is 13.6. The lowest BCUT2D eigenvalue weighted by molar-refractivity contribution is -0.123. The van der Waals surface area contributed by atoms with Crippen molar-refractivity contribution in [2.45, 2.75) is 37.8 Å². The van der Waals surface area contributed by atoms with E-state index in [1.54, 1.807) is 6.20 Å². The Labute approximate surface area is 181 Å². The molecule has 9 heteroatoms. The van der Waals surface area contributed by atoms with Gasteiger partial charge in [0.15, 0.2) is 0 Å². The van der Waals surface area contributed by atoms with E-state index in [2.05, 4.69) is 15.0 Å². The third-order valence-electron chi connectivity index (χ3n) is 4.70. The van der Waals surface area contributed by atoms with Crippen molar-refractivity contribution >= 4 is 27.5 Å². The quantitative estimate of drug-likeness (QED) is 0.581. The predicted octanol–water partition coefficient (Wildman–Crippen LogP) is 3.38. The van der Waals surface area contributed by atoms with Crippen LogP contribution in [0.4, 0.5) is 0 Å². The van der Waals surface area contributed by atoms with Gasteiger partial charge in [-0.1, -0.05) is 23.7 Å². The van der Waals surface area contributed by atoms with Gasteiger partial charge in [-0.2, -0.15) is 4.72 Å². The average molecular weight is 447 g/mol. The monoisotopic (exact) mass is 446 g/mol. The minimum absolute atomic E-state index is 0.0463. The molecule has 0 unspecified atom stereocenters. The zero-order valence-electron chi connectivity index (χ0n) is 16.8. The lowest BCUT2D eigenvalue weighted by Gasteiger charge is -2.19. The van der Waals surface area contributed by atoms with E-state index in [0.717, 1.165) is 17.1 Å². The van der Waals surface area contributed by atoms with Gasteiger partial charge in [0.05, 0.1) is 17.0 Å². The van der Waals surface area contributed by atoms with Crippen molar-refractivity contribution in [3.8, 4) is 5.69 Å². The number of sulfonamides is 1. The molecule has 2 N–H and O–H groups in total. The number of hydrogen-bond donors (Lipinski definition) is 2. The standard InChI is InChI=1S/C21H23ClN4O3S/c1-14(17-4-8-19(9-5-17)26-13-12-23-16(26)3)24-21(27)15(2)25-30(28,29)20-10-6-18(22)7-11-20/h4-15,25H,1-3H3,(H,24,27)/t14-,15+/m1/s1. The molecule has 1 heterocycles. The summed E-state index contributed by atoms with van der Waals surface area (Å²) in [4.78, 5) is 16.8. The summed E-state index contributed by atoms with van der Waals surface area (Å²) < 4.78 is 29.2. The molecule has 7 nitrogen and oxygen atoms in total. The van der Waals surface area contributed by atoms with Gasteiger partial charge in [-0.3, -0.25) is 4.79 Å². The smallest absolute Gasteiger partial charge is 0.241 e. The summed E-state index contributed by atoms with van der Waals surface area (Å²) in [7, 11) is -3.83. The third kappa shape index (κ3) is 5.08. The summed E-state index contributed by atoms with van der Waals surface area (Å²) in [6.07, 6.45) is 3.61. The van der Waals surface area contributed by atoms with Gasteiger partial charge in [0, 0.05) is 23.1 Å². The van der Waals surface area contributed by atoms with Gasteiger partial charge < -0.3 is 9.88 Å². The number of aromatic nitrogens is 2. The van der Waals surface area contributed by atoms with Crippen molar-refractivity contribution in [3.05, 3.63) is 77.3 Å². The van der Waals surface area contributed by atoms with E-state index in [4.69, 9.17) is 11.6 Å². The first-order valence-corrected chi connectivity index (χ1v) is 11.2. The number of nitrogens with one attached hydrogen (secondary N) is 2. The van der Waals surface area contributed by atoms with Crippen LogP contribution in [0.2, 0.25) is 5.02 Å². The highest BCUT2D eigenvalue weighted by atomic mass is 35.5. The lowest BCUT2D eigenvalue weighted by Crippen LogP contribution is -2.45. The molecule has 0 saturated heterocycles. The van der Waals surface area contributed by atoms with Gasteiger partial charge in [0.1, 0.15) is 5.82 Å². The Morgan fingerprint density at radius 3 is 2.27 bits per heavy atom. The van der Waals surface area contributed by atoms with Gasteiger partial charge >= 0.3 is 0 Å². The molecule has 3 aromatic rings. The first-order chi connectivity index (χ1) is 14.2. The van der Waals surface area contributed by atoms with Crippen LogP contribution < -0.4 is 10.0 Å². The number of halogens is 1. The molecule has 1 amide bonds. The summed E-state index contributed by atoms with van der Waals surface area (Å²) in [5, 5.41) is 3.27. The Balaban J connectivity index is 1.63. The summed E-state index contributed by atoms with van der Waals surface area (Å²) >= 11 is 5.80. The minimum Gasteiger partial charge on any atom is -0.348 e. The third-order valence-corrected chi connectivity index (χ3v) is 6.51. The molecule has 0 aliphatic rings. The van der Waals surface area contributed by atoms with Gasteiger partial charge in [-0.25, -0.2) is 13.4 Å². The Hall–Kier alpha value is -2.68. The molecule has 0 aliphatic heterocycles. The van der Waals surface area contributed by atoms with Gasteiger partial charge in [-0.05, 0) is 62.7 Å². The fraction of sp³-hybridized carbons (Fsp3) is 0.238. The highest BCUT2D eigenvalue weighted by molar-refractivity contribution is 7.89. The molecule has 0 aliphatic carbocycles. The van der Waals surface area contributed by atoms with Crippen LogP contribution in [0.3, 0.4) is 0 Å². The molecular formula is C21H23ClN4O3S. The molecule has 0 fully saturated rings. The van der Waals surface area contributed by atoms with E-state index in [1.807, 2.05) is 48.9 Å². The molecule has 0 bridgehead atoms. The largest absolute Gasteiger partial charge is 0.348 e. The van der Waals surface area contributed by atoms with Crippen LogP contribution in [-0.2, 0) is 14.8 Å². The Kier molecular flexibility index (Phi) is 6.60. The van der Waals surface area contributed by atoms with Crippen molar-refractivity contribution in [2.24, 2.45) is 0 Å². The fourth-order valence-electron chi connectivity index (χ4n) is 2.96. The number of nitrogens with zero attached hydrogens (tertiary/aromatic N) is 2. The molecule has 2 aromatic carbocycles. The van der Waals surface area contributed by atoms with Crippen LogP contribution >= 0.6 is 11.6 Å². The number of carbonyl (C=O) groups excluding carboxylic acids is 1. The maximum Gasteiger partial charge on any atom is 0.241 e. The summed E-state index contributed by atoms with van der Waals surface area (Å²) in [6.45, 7) is 5.26. The van der Waals surface area contributed by atoms with Crippen molar-refractivity contribution in [1.29, 1.82) is 0 Å². The van der Waals surface area contributed by atoms with Gasteiger partial charge in [0.25, 0.3) is 0 Å². The second-order valence-corrected chi connectivity index (χ2v) is 9.11. The van der Waals surface area contributed by atoms with Crippen molar-refractivity contribution in [2.75, 3.05) is 0 Å². The number of hydrogen-bond acceptors (Lipinski definition) is 4. The van der Waals surface area contributed by atoms with E-state index >= 15 is 0 Å². The van der Waals surface area contributed by atoms with Crippen molar-refractivity contribution in [3.63, 3.8) is 0 Å². The van der Waals surface area contributed by atoms with E-state index in [0.29, 0.717) is 5.02 Å². The molecule has 3 rings (SSSR count). The van der Waals surface area contributed by atoms with E-state index in [9.17, 15) is 13.2 Å². The number of benzene rings is 2. The maximum atomic E-state index is 12.5. The molecular weight excluding hydrogens is 424 g/mol. The number of rotatable bonds is 7. The highest BCUT2D eigenvalue weighted by Crippen LogP contribution is 2.18. The van der Waals surface area contributed by atoms with Crippen LogP contribution in [0, 0.1) is 6.92 Å². The van der Waals surface area contributed by atoms with Crippen LogP contribution in [-0.4, -0.2) is 29.9 Å². The molecule has 0 saturated carbocycles. The number of aryl methyl sites for hydroxylation is 1. The molecule has 0 spiro atoms. The Bertz CT molecular complexity index is 1130. The topological polar surface area (TPSA) is 93.1 Å². The second-order valence-electron chi connectivity index (χ2n) is 6.96. The Morgan fingerprint density at radius 1 is 1.07 bits per heavy atom. The van der Waals surface area contributed by atoms with E-state index in [1.165, 1.54) is 31.2 Å². The summed E-state index contributed by atoms with van der Waals surface area (Å²) in [5.41, 5.74) is 1.87. The summed E-state index contributed by atoms with van der Waals surface area (Å²) in [5.74, 6) is 0.459. The Morgan fingerprint density at radius 2 is 1.70 bits per heavy atom. The van der Waals surface area contributed by atoms with E-state index in [-0.39, 0.29) is 10.9 Å². The molecule has 2 atom stereocenters. The zero-order chi connectivity index (χ0) is 21.9. The number of amides is 1. The zero-order valence-corrected chi connectivity index (χ0v) is 18.4.